The van der Waals surface area contributed by atoms with Crippen molar-refractivity contribution in [2.24, 2.45) is 0 Å². The fourth-order valence-electron chi connectivity index (χ4n) is 4.43. The van der Waals surface area contributed by atoms with E-state index in [1.54, 1.807) is 21.3 Å². The average Bonchev–Trinajstić information content (AvgIpc) is 2.73. The molecular weight excluding hydrogens is 386 g/mol. The maximum atomic E-state index is 5.83. The Bertz CT molecular complexity index is 958. The predicted octanol–water partition coefficient (Wildman–Crippen LogP) is 6.37. The molecule has 31 heavy (non-hydrogen) atoms. The van der Waals surface area contributed by atoms with Crippen LogP contribution in [0.1, 0.15) is 39.3 Å². The van der Waals surface area contributed by atoms with Crippen molar-refractivity contribution in [3.63, 3.8) is 0 Å². The summed E-state index contributed by atoms with van der Waals surface area (Å²) in [6.07, 6.45) is 1.70. The van der Waals surface area contributed by atoms with Gasteiger partial charge in [0.15, 0.2) is 0 Å². The topological polar surface area (TPSA) is 62.7 Å². The first-order valence-electron chi connectivity index (χ1n) is 10.4. The van der Waals surface area contributed by atoms with Crippen LogP contribution in [0.25, 0.3) is 0 Å². The van der Waals surface area contributed by atoms with Crippen molar-refractivity contribution in [1.29, 1.82) is 0 Å². The smallest absolute Gasteiger partial charge is 0.125 e. The van der Waals surface area contributed by atoms with Crippen LogP contribution in [0.3, 0.4) is 0 Å². The van der Waals surface area contributed by atoms with Crippen molar-refractivity contribution in [3.05, 3.63) is 88.0 Å². The van der Waals surface area contributed by atoms with Crippen LogP contribution in [0.2, 0.25) is 0 Å². The number of ether oxygens (including phenoxy) is 3. The summed E-state index contributed by atoms with van der Waals surface area (Å²) in [6.45, 7) is 6.28. The van der Waals surface area contributed by atoms with Gasteiger partial charge in [0, 0.05) is 0 Å². The largest absolute Gasteiger partial charge is 0.496 e. The lowest BCUT2D eigenvalue weighted by Gasteiger charge is -2.24. The molecule has 0 atom stereocenters. The van der Waals surface area contributed by atoms with Gasteiger partial charge >= 0.3 is 0 Å². The van der Waals surface area contributed by atoms with Gasteiger partial charge < -0.3 is 20.4 Å². The number of aryl methyl sites for hydroxylation is 3. The summed E-state index contributed by atoms with van der Waals surface area (Å²) in [5.41, 5.74) is 7.07. The third-order valence-corrected chi connectivity index (χ3v) is 5.81. The summed E-state index contributed by atoms with van der Waals surface area (Å²) in [5, 5.41) is 0. The molecule has 4 heteroatoms. The van der Waals surface area contributed by atoms with Crippen LogP contribution < -0.4 is 20.4 Å². The van der Waals surface area contributed by atoms with Crippen LogP contribution in [0, 0.1) is 20.8 Å². The quantitative estimate of drug-likeness (QED) is 0.459. The van der Waals surface area contributed by atoms with E-state index in [1.807, 2.05) is 0 Å². The Labute approximate surface area is 186 Å². The highest BCUT2D eigenvalue weighted by Crippen LogP contribution is 2.38. The summed E-state index contributed by atoms with van der Waals surface area (Å²) in [5.74, 6) is 3.10. The Morgan fingerprint density at radius 3 is 1.39 bits per heavy atom. The van der Waals surface area contributed by atoms with Crippen LogP contribution in [0.5, 0.6) is 17.2 Å². The van der Waals surface area contributed by atoms with Crippen LogP contribution in [-0.4, -0.2) is 21.3 Å². The van der Waals surface area contributed by atoms with E-state index in [2.05, 4.69) is 75.4 Å². The fourth-order valence-corrected chi connectivity index (χ4v) is 4.43. The molecular formula is C27H35NO3. The second-order valence-corrected chi connectivity index (χ2v) is 7.84. The second-order valence-electron chi connectivity index (χ2n) is 7.84. The minimum atomic E-state index is 0. The standard InChI is InChI=1S/C27H32O3.H3N/c1-18-10-7-13-21(25(18)28-4)16-23(24-15-9-12-20(3)27(24)30-6)17-22-14-8-11-19(2)26(22)29-5;/h7-15,23H,16-17H2,1-6H3;1H3. The zero-order valence-electron chi connectivity index (χ0n) is 19.6. The second kappa shape index (κ2) is 10.9. The van der Waals surface area contributed by atoms with Gasteiger partial charge in [0.1, 0.15) is 17.2 Å². The van der Waals surface area contributed by atoms with Gasteiger partial charge in [0.2, 0.25) is 0 Å². The van der Waals surface area contributed by atoms with Crippen LogP contribution in [0.4, 0.5) is 0 Å². The summed E-state index contributed by atoms with van der Waals surface area (Å²) in [4.78, 5) is 0. The summed E-state index contributed by atoms with van der Waals surface area (Å²) in [6, 6.07) is 19.1. The third-order valence-electron chi connectivity index (χ3n) is 5.81. The van der Waals surface area contributed by atoms with E-state index >= 15 is 0 Å². The van der Waals surface area contributed by atoms with E-state index in [0.29, 0.717) is 0 Å². The van der Waals surface area contributed by atoms with Crippen LogP contribution in [-0.2, 0) is 12.8 Å². The summed E-state index contributed by atoms with van der Waals surface area (Å²) in [7, 11) is 5.25. The van der Waals surface area contributed by atoms with E-state index in [1.165, 1.54) is 16.7 Å². The Kier molecular flexibility index (Phi) is 8.52. The van der Waals surface area contributed by atoms with Gasteiger partial charge in [-0.25, -0.2) is 0 Å². The molecule has 0 unspecified atom stereocenters. The van der Waals surface area contributed by atoms with Crippen molar-refractivity contribution in [2.75, 3.05) is 21.3 Å². The molecule has 3 N–H and O–H groups in total. The number of benzene rings is 3. The molecule has 0 aliphatic carbocycles. The average molecular weight is 422 g/mol. The molecule has 3 aromatic rings. The summed E-state index contributed by atoms with van der Waals surface area (Å²) >= 11 is 0. The number of hydrogen-bond acceptors (Lipinski definition) is 4. The molecule has 0 saturated carbocycles. The highest BCUT2D eigenvalue weighted by Gasteiger charge is 2.22. The monoisotopic (exact) mass is 421 g/mol. The number of rotatable bonds is 8. The highest BCUT2D eigenvalue weighted by molar-refractivity contribution is 5.48. The van der Waals surface area contributed by atoms with E-state index in [9.17, 15) is 0 Å². The molecule has 0 aromatic heterocycles. The van der Waals surface area contributed by atoms with Crippen molar-refractivity contribution >= 4 is 0 Å². The lowest BCUT2D eigenvalue weighted by Crippen LogP contribution is -2.11. The molecule has 0 aliphatic rings. The molecule has 166 valence electrons. The highest BCUT2D eigenvalue weighted by atomic mass is 16.5. The maximum absolute atomic E-state index is 5.83. The molecule has 0 saturated heterocycles. The molecule has 0 aliphatic heterocycles. The zero-order chi connectivity index (χ0) is 21.7. The first-order chi connectivity index (χ1) is 14.5. The van der Waals surface area contributed by atoms with E-state index in [4.69, 9.17) is 14.2 Å². The van der Waals surface area contributed by atoms with Crippen molar-refractivity contribution in [1.82, 2.24) is 6.15 Å². The lowest BCUT2D eigenvalue weighted by molar-refractivity contribution is 0.392. The van der Waals surface area contributed by atoms with Gasteiger partial charge in [-0.05, 0) is 72.9 Å². The number of hydrogen-bond donors (Lipinski definition) is 1. The van der Waals surface area contributed by atoms with Gasteiger partial charge in [-0.15, -0.1) is 0 Å². The zero-order valence-corrected chi connectivity index (χ0v) is 19.6. The molecule has 0 radical (unpaired) electrons. The Morgan fingerprint density at radius 1 is 0.581 bits per heavy atom. The Balaban J connectivity index is 0.00000341. The maximum Gasteiger partial charge on any atom is 0.125 e. The third kappa shape index (κ3) is 5.20. The first-order valence-corrected chi connectivity index (χ1v) is 10.4. The molecule has 4 nitrogen and oxygen atoms in total. The minimum Gasteiger partial charge on any atom is -0.496 e. The van der Waals surface area contributed by atoms with E-state index < -0.39 is 0 Å². The Morgan fingerprint density at radius 2 is 0.968 bits per heavy atom. The molecule has 0 spiro atoms. The van der Waals surface area contributed by atoms with Crippen molar-refractivity contribution in [3.8, 4) is 17.2 Å². The summed E-state index contributed by atoms with van der Waals surface area (Å²) < 4.78 is 17.3. The SMILES string of the molecule is COc1c(C)cccc1CC(Cc1cccc(C)c1OC)c1cccc(C)c1OC.N. The normalized spacial score (nSPS) is 10.5. The molecule has 0 fully saturated rings. The fraction of sp³-hybridized carbons (Fsp3) is 0.333. The van der Waals surface area contributed by atoms with Crippen molar-refractivity contribution in [2.45, 2.75) is 39.5 Å². The molecule has 0 heterocycles. The van der Waals surface area contributed by atoms with Gasteiger partial charge in [-0.1, -0.05) is 54.6 Å². The van der Waals surface area contributed by atoms with Gasteiger partial charge in [0.25, 0.3) is 0 Å². The van der Waals surface area contributed by atoms with Gasteiger partial charge in [-0.3, -0.25) is 0 Å². The minimum absolute atomic E-state index is 0. The van der Waals surface area contributed by atoms with Crippen LogP contribution in [0.15, 0.2) is 54.6 Å². The Hall–Kier alpha value is -2.98. The number of methoxy groups -OCH3 is 3. The lowest BCUT2D eigenvalue weighted by atomic mass is 9.84. The predicted molar refractivity (Wildman–Crippen MR) is 128 cm³/mol. The first kappa shape index (κ1) is 24.3. The van der Waals surface area contributed by atoms with Gasteiger partial charge in [0.05, 0.1) is 21.3 Å². The molecule has 0 bridgehead atoms. The van der Waals surface area contributed by atoms with E-state index in [-0.39, 0.29) is 12.1 Å². The van der Waals surface area contributed by atoms with Crippen molar-refractivity contribution < 1.29 is 14.2 Å². The van der Waals surface area contributed by atoms with Crippen LogP contribution >= 0.6 is 0 Å². The molecule has 3 aromatic carbocycles. The molecule has 3 rings (SSSR count). The van der Waals surface area contributed by atoms with E-state index in [0.717, 1.165) is 46.8 Å². The van der Waals surface area contributed by atoms with Gasteiger partial charge in [-0.2, -0.15) is 0 Å². The molecule has 0 amide bonds. The number of para-hydroxylation sites is 3.